The van der Waals surface area contributed by atoms with Crippen molar-refractivity contribution in [2.75, 3.05) is 16.6 Å². The summed E-state index contributed by atoms with van der Waals surface area (Å²) in [5.41, 5.74) is 1.71. The molecule has 0 fully saturated rings. The minimum absolute atomic E-state index is 0.123. The first kappa shape index (κ1) is 21.5. The number of sulfonamides is 1. The first-order valence-corrected chi connectivity index (χ1v) is 11.3. The monoisotopic (exact) mass is 445 g/mol. The number of amides is 1. The molecule has 1 amide bonds. The van der Waals surface area contributed by atoms with E-state index < -0.39 is 21.9 Å². The predicted octanol–water partition coefficient (Wildman–Crippen LogP) is 3.68. The third-order valence-electron chi connectivity index (χ3n) is 3.94. The highest BCUT2D eigenvalue weighted by Gasteiger charge is 2.16. The number of hydrogen-bond acceptors (Lipinski definition) is 7. The number of carbonyl (C=O) groups excluding carboxylic acids is 2. The maximum absolute atomic E-state index is 12.4. The quantitative estimate of drug-likeness (QED) is 0.536. The van der Waals surface area contributed by atoms with E-state index in [9.17, 15) is 18.0 Å². The molecular formula is C20H19N3O5S2. The Morgan fingerprint density at radius 2 is 1.73 bits per heavy atom. The highest BCUT2D eigenvalue weighted by Crippen LogP contribution is 2.20. The van der Waals surface area contributed by atoms with Gasteiger partial charge in [-0.3, -0.25) is 14.8 Å². The second-order valence-corrected chi connectivity index (χ2v) is 8.75. The van der Waals surface area contributed by atoms with E-state index in [-0.39, 0.29) is 22.3 Å². The number of thiazole rings is 1. The third-order valence-corrected chi connectivity index (χ3v) is 6.09. The summed E-state index contributed by atoms with van der Waals surface area (Å²) >= 11 is 1.10. The van der Waals surface area contributed by atoms with Gasteiger partial charge in [-0.15, -0.1) is 11.3 Å². The molecule has 0 aliphatic carbocycles. The van der Waals surface area contributed by atoms with E-state index in [1.165, 1.54) is 41.8 Å². The van der Waals surface area contributed by atoms with Crippen molar-refractivity contribution in [1.29, 1.82) is 0 Å². The lowest BCUT2D eigenvalue weighted by Crippen LogP contribution is -2.14. The van der Waals surface area contributed by atoms with Gasteiger partial charge in [0, 0.05) is 16.6 Å². The van der Waals surface area contributed by atoms with Crippen molar-refractivity contribution in [3.63, 3.8) is 0 Å². The number of aryl methyl sites for hydroxylation is 1. The van der Waals surface area contributed by atoms with Crippen LogP contribution in [0.1, 0.15) is 33.3 Å². The van der Waals surface area contributed by atoms with Crippen molar-refractivity contribution >= 4 is 44.1 Å². The van der Waals surface area contributed by atoms with Gasteiger partial charge in [0.15, 0.2) is 10.8 Å². The molecule has 156 valence electrons. The maximum Gasteiger partial charge on any atom is 0.357 e. The maximum atomic E-state index is 12.4. The highest BCUT2D eigenvalue weighted by molar-refractivity contribution is 7.92. The van der Waals surface area contributed by atoms with Crippen LogP contribution in [0, 0.1) is 6.92 Å². The van der Waals surface area contributed by atoms with Crippen LogP contribution in [-0.4, -0.2) is 31.9 Å². The molecule has 3 rings (SSSR count). The normalized spacial score (nSPS) is 11.0. The minimum Gasteiger partial charge on any atom is -0.461 e. The summed E-state index contributed by atoms with van der Waals surface area (Å²) in [6, 6.07) is 12.4. The summed E-state index contributed by atoms with van der Waals surface area (Å²) < 4.78 is 32.2. The van der Waals surface area contributed by atoms with Crippen LogP contribution in [0.4, 0.5) is 10.8 Å². The van der Waals surface area contributed by atoms with Crippen molar-refractivity contribution in [3.05, 3.63) is 70.7 Å². The molecule has 1 heterocycles. The molecule has 10 heteroatoms. The average molecular weight is 446 g/mol. The van der Waals surface area contributed by atoms with E-state index in [0.29, 0.717) is 11.3 Å². The Hall–Kier alpha value is -3.24. The van der Waals surface area contributed by atoms with Gasteiger partial charge in [0.1, 0.15) is 0 Å². The molecule has 30 heavy (non-hydrogen) atoms. The molecule has 0 unspecified atom stereocenters. The fourth-order valence-corrected chi connectivity index (χ4v) is 4.15. The van der Waals surface area contributed by atoms with E-state index in [2.05, 4.69) is 15.0 Å². The summed E-state index contributed by atoms with van der Waals surface area (Å²) in [7, 11) is -3.72. The number of rotatable bonds is 7. The molecule has 1 aromatic heterocycles. The summed E-state index contributed by atoms with van der Waals surface area (Å²) in [4.78, 5) is 28.2. The molecule has 0 spiro atoms. The topological polar surface area (TPSA) is 114 Å². The average Bonchev–Trinajstić information content (AvgIpc) is 3.17. The number of hydrogen-bond donors (Lipinski definition) is 2. The molecule has 3 aromatic rings. The zero-order valence-electron chi connectivity index (χ0n) is 16.2. The number of esters is 1. The number of nitrogens with zero attached hydrogens (tertiary/aromatic N) is 1. The van der Waals surface area contributed by atoms with E-state index in [1.54, 1.807) is 19.1 Å². The van der Waals surface area contributed by atoms with E-state index in [0.717, 1.165) is 16.9 Å². The Kier molecular flexibility index (Phi) is 6.48. The van der Waals surface area contributed by atoms with Crippen LogP contribution in [0.2, 0.25) is 0 Å². The lowest BCUT2D eigenvalue weighted by molar-refractivity contribution is 0.0520. The largest absolute Gasteiger partial charge is 0.461 e. The predicted molar refractivity (Wildman–Crippen MR) is 114 cm³/mol. The van der Waals surface area contributed by atoms with Crippen molar-refractivity contribution in [1.82, 2.24) is 4.98 Å². The van der Waals surface area contributed by atoms with E-state index >= 15 is 0 Å². The molecule has 0 saturated heterocycles. The van der Waals surface area contributed by atoms with Crippen molar-refractivity contribution in [3.8, 4) is 0 Å². The fourth-order valence-electron chi connectivity index (χ4n) is 2.42. The molecule has 8 nitrogen and oxygen atoms in total. The Labute approximate surface area is 178 Å². The first-order valence-electron chi connectivity index (χ1n) is 8.92. The molecule has 0 aliphatic heterocycles. The number of anilines is 2. The number of nitrogens with one attached hydrogen (secondary N) is 2. The number of ether oxygens (including phenoxy) is 1. The summed E-state index contributed by atoms with van der Waals surface area (Å²) in [5, 5.41) is 4.35. The Bertz CT molecular complexity index is 1150. The van der Waals surface area contributed by atoms with Gasteiger partial charge in [-0.2, -0.15) is 0 Å². The van der Waals surface area contributed by atoms with Crippen LogP contribution in [-0.2, 0) is 14.8 Å². The number of benzene rings is 2. The van der Waals surface area contributed by atoms with Crippen molar-refractivity contribution < 1.29 is 22.7 Å². The van der Waals surface area contributed by atoms with Crippen LogP contribution in [0.3, 0.4) is 0 Å². The van der Waals surface area contributed by atoms with Gasteiger partial charge in [0.05, 0.1) is 11.5 Å². The van der Waals surface area contributed by atoms with Gasteiger partial charge in [-0.05, 0) is 50.2 Å². The zero-order valence-corrected chi connectivity index (χ0v) is 17.8. The molecular weight excluding hydrogens is 426 g/mol. The number of aromatic nitrogens is 1. The van der Waals surface area contributed by atoms with Gasteiger partial charge in [-0.25, -0.2) is 18.2 Å². The van der Waals surface area contributed by atoms with Gasteiger partial charge in [0.2, 0.25) is 0 Å². The lowest BCUT2D eigenvalue weighted by Gasteiger charge is -2.09. The summed E-state index contributed by atoms with van der Waals surface area (Å²) in [6.07, 6.45) is 0. The van der Waals surface area contributed by atoms with Crippen LogP contribution in [0.15, 0.2) is 58.8 Å². The Balaban J connectivity index is 1.66. The van der Waals surface area contributed by atoms with Gasteiger partial charge in [0.25, 0.3) is 15.9 Å². The Morgan fingerprint density at radius 3 is 2.37 bits per heavy atom. The third kappa shape index (κ3) is 5.22. The smallest absolute Gasteiger partial charge is 0.357 e. The van der Waals surface area contributed by atoms with Gasteiger partial charge in [-0.1, -0.05) is 17.7 Å². The molecule has 2 aromatic carbocycles. The standard InChI is InChI=1S/C20H19N3O5S2/c1-3-28-19(25)17-12-29-20(21-17)22-18(24)14-6-8-15(9-7-14)23-30(26,27)16-10-4-13(2)5-11-16/h4-12,23H,3H2,1-2H3,(H,21,22,24). The highest BCUT2D eigenvalue weighted by atomic mass is 32.2. The second kappa shape index (κ2) is 9.06. The van der Waals surface area contributed by atoms with Crippen LogP contribution < -0.4 is 10.0 Å². The van der Waals surface area contributed by atoms with Gasteiger partial charge >= 0.3 is 5.97 Å². The molecule has 0 saturated carbocycles. The van der Waals surface area contributed by atoms with Crippen molar-refractivity contribution in [2.24, 2.45) is 0 Å². The molecule has 2 N–H and O–H groups in total. The summed E-state index contributed by atoms with van der Waals surface area (Å²) in [5.74, 6) is -0.993. The first-order chi connectivity index (χ1) is 14.3. The van der Waals surface area contributed by atoms with Crippen LogP contribution in [0.5, 0.6) is 0 Å². The van der Waals surface area contributed by atoms with E-state index in [4.69, 9.17) is 4.74 Å². The number of carbonyl (C=O) groups is 2. The second-order valence-electron chi connectivity index (χ2n) is 6.21. The minimum atomic E-state index is -3.72. The molecule has 0 atom stereocenters. The molecule has 0 bridgehead atoms. The molecule has 0 aliphatic rings. The van der Waals surface area contributed by atoms with Crippen LogP contribution >= 0.6 is 11.3 Å². The lowest BCUT2D eigenvalue weighted by atomic mass is 10.2. The molecule has 0 radical (unpaired) electrons. The summed E-state index contributed by atoms with van der Waals surface area (Å²) in [6.45, 7) is 3.80. The fraction of sp³-hybridized carbons (Fsp3) is 0.150. The van der Waals surface area contributed by atoms with Gasteiger partial charge < -0.3 is 4.74 Å². The van der Waals surface area contributed by atoms with Crippen molar-refractivity contribution in [2.45, 2.75) is 18.7 Å². The SMILES string of the molecule is CCOC(=O)c1csc(NC(=O)c2ccc(NS(=O)(=O)c3ccc(C)cc3)cc2)n1. The zero-order chi connectivity index (χ0) is 21.7. The van der Waals surface area contributed by atoms with E-state index in [1.807, 2.05) is 6.92 Å². The van der Waals surface area contributed by atoms with Crippen LogP contribution in [0.25, 0.3) is 0 Å². The Morgan fingerprint density at radius 1 is 1.07 bits per heavy atom.